The first-order valence-electron chi connectivity index (χ1n) is 27.5. The molecule has 83 heavy (non-hydrogen) atoms. The molecule has 0 radical (unpaired) electrons. The van der Waals surface area contributed by atoms with E-state index in [1.165, 1.54) is 6.08 Å². The van der Waals surface area contributed by atoms with Crippen molar-refractivity contribution in [2.24, 2.45) is 0 Å². The fourth-order valence-electron chi connectivity index (χ4n) is 10.6. The predicted molar refractivity (Wildman–Crippen MR) is 292 cm³/mol. The van der Waals surface area contributed by atoms with Gasteiger partial charge in [-0.3, -0.25) is 0 Å². The number of benzene rings is 5. The number of methoxy groups -OCH3 is 1. The zero-order valence-corrected chi connectivity index (χ0v) is 46.8. The Morgan fingerprint density at radius 3 is 1.46 bits per heavy atom. The van der Waals surface area contributed by atoms with E-state index in [4.69, 9.17) is 75.8 Å². The molecular formula is C63H68O20. The fourth-order valence-corrected chi connectivity index (χ4v) is 10.6. The van der Waals surface area contributed by atoms with Crippen LogP contribution < -0.4 is 4.74 Å². The molecule has 440 valence electrons. The molecule has 5 saturated heterocycles. The van der Waals surface area contributed by atoms with Crippen molar-refractivity contribution in [1.82, 2.24) is 0 Å². The highest BCUT2D eigenvalue weighted by Crippen LogP contribution is 2.44. The van der Waals surface area contributed by atoms with Gasteiger partial charge in [0.1, 0.15) is 73.9 Å². The van der Waals surface area contributed by atoms with Crippen LogP contribution in [0.4, 0.5) is 0 Å². The smallest absolute Gasteiger partial charge is 0.338 e. The van der Waals surface area contributed by atoms with Gasteiger partial charge in [-0.15, -0.1) is 6.58 Å². The van der Waals surface area contributed by atoms with Gasteiger partial charge in [-0.05, 0) is 101 Å². The number of carbonyl (C=O) groups is 4. The van der Waals surface area contributed by atoms with Crippen molar-refractivity contribution < 1.29 is 95.0 Å². The van der Waals surface area contributed by atoms with Crippen LogP contribution >= 0.6 is 0 Å². The van der Waals surface area contributed by atoms with Gasteiger partial charge in [0, 0.05) is 0 Å². The minimum atomic E-state index is -1.69. The Morgan fingerprint density at radius 1 is 0.482 bits per heavy atom. The Bertz CT molecular complexity index is 2960. The van der Waals surface area contributed by atoms with Gasteiger partial charge in [-0.25, -0.2) is 19.2 Å². The summed E-state index contributed by atoms with van der Waals surface area (Å²) in [6.45, 7) is 11.5. The van der Waals surface area contributed by atoms with Gasteiger partial charge in [-0.2, -0.15) is 0 Å². The van der Waals surface area contributed by atoms with Gasteiger partial charge >= 0.3 is 23.9 Å². The second-order valence-corrected chi connectivity index (χ2v) is 21.3. The normalized spacial score (nSPS) is 30.4. The molecule has 0 aliphatic carbocycles. The molecule has 5 aromatic rings. The quantitative estimate of drug-likeness (QED) is 0.0387. The summed E-state index contributed by atoms with van der Waals surface area (Å²) in [6.07, 6.45) is -17.2. The van der Waals surface area contributed by atoms with Gasteiger partial charge in [0.25, 0.3) is 0 Å². The first-order chi connectivity index (χ1) is 40.1. The second-order valence-electron chi connectivity index (χ2n) is 21.3. The summed E-state index contributed by atoms with van der Waals surface area (Å²) in [7, 11) is 1.57. The summed E-state index contributed by atoms with van der Waals surface area (Å²) in [5, 5.41) is 0. The van der Waals surface area contributed by atoms with Crippen LogP contribution in [-0.2, 0) is 77.7 Å². The van der Waals surface area contributed by atoms with Crippen LogP contribution in [0.1, 0.15) is 81.6 Å². The molecule has 0 N–H and O–H groups in total. The zero-order chi connectivity index (χ0) is 58.3. The van der Waals surface area contributed by atoms with Crippen LogP contribution in [0, 0.1) is 0 Å². The Labute approximate surface area is 480 Å². The molecule has 0 aromatic heterocycles. The van der Waals surface area contributed by atoms with E-state index in [0.717, 1.165) is 5.56 Å². The average Bonchev–Trinajstić information content (AvgIpc) is 4.29. The van der Waals surface area contributed by atoms with Crippen molar-refractivity contribution in [1.29, 1.82) is 0 Å². The van der Waals surface area contributed by atoms with Gasteiger partial charge < -0.3 is 75.8 Å². The number of rotatable bonds is 21. The Morgan fingerprint density at radius 2 is 0.928 bits per heavy atom. The maximum atomic E-state index is 14.6. The monoisotopic (exact) mass is 1140 g/mol. The van der Waals surface area contributed by atoms with E-state index >= 15 is 0 Å². The molecule has 20 nitrogen and oxygen atoms in total. The summed E-state index contributed by atoms with van der Waals surface area (Å²) in [4.78, 5) is 56.4. The maximum Gasteiger partial charge on any atom is 0.338 e. The number of hydrogen-bond donors (Lipinski definition) is 0. The average molecular weight is 1150 g/mol. The van der Waals surface area contributed by atoms with Crippen LogP contribution in [0.5, 0.6) is 5.75 Å². The molecule has 0 amide bonds. The fraction of sp³-hybridized carbons (Fsp3) is 0.429. The lowest BCUT2D eigenvalue weighted by molar-refractivity contribution is -0.380. The third kappa shape index (κ3) is 14.2. The molecule has 5 heterocycles. The van der Waals surface area contributed by atoms with E-state index in [2.05, 4.69) is 6.58 Å². The molecule has 0 bridgehead atoms. The van der Waals surface area contributed by atoms with Crippen LogP contribution in [0.2, 0.25) is 0 Å². The lowest BCUT2D eigenvalue weighted by Gasteiger charge is -2.50. The van der Waals surface area contributed by atoms with Gasteiger partial charge in [0.05, 0.1) is 48.7 Å². The van der Waals surface area contributed by atoms with Crippen LogP contribution in [0.3, 0.4) is 0 Å². The number of ether oxygens (including phenoxy) is 16. The predicted octanol–water partition coefficient (Wildman–Crippen LogP) is 7.95. The Kier molecular flexibility index (Phi) is 18.8. The van der Waals surface area contributed by atoms with E-state index in [1.54, 1.807) is 175 Å². The van der Waals surface area contributed by atoms with Crippen molar-refractivity contribution in [3.8, 4) is 5.75 Å². The van der Waals surface area contributed by atoms with Crippen molar-refractivity contribution in [2.45, 2.75) is 145 Å². The van der Waals surface area contributed by atoms with E-state index < -0.39 is 141 Å². The van der Waals surface area contributed by atoms with Crippen molar-refractivity contribution in [3.63, 3.8) is 0 Å². The van der Waals surface area contributed by atoms with E-state index in [1.807, 2.05) is 12.1 Å². The van der Waals surface area contributed by atoms with Crippen molar-refractivity contribution >= 4 is 23.9 Å². The van der Waals surface area contributed by atoms with E-state index in [0.29, 0.717) is 5.75 Å². The van der Waals surface area contributed by atoms with Gasteiger partial charge in [-0.1, -0.05) is 91.0 Å². The molecule has 0 saturated carbocycles. The number of hydrogen-bond acceptors (Lipinski definition) is 20. The molecule has 20 heteroatoms. The molecule has 0 spiro atoms. The highest BCUT2D eigenvalue weighted by Gasteiger charge is 2.62. The molecule has 5 fully saturated rings. The standard InChI is InChI=1S/C63H68O20/c1-8-33-69-59-53(76-57(66)41-25-17-11-18-26-41)49(79-60-52(70-34-38-29-31-43(68-7)32-30-38)50-46(37(2)73-60)80-62(3,4)82-50)47(44(74-59)35-71-55(64)39-21-13-9-14-22-39)78-61-54(77-58(67)42-27-19-12-20-28-42)51-48(81-63(5,6)83-51)45(75-61)36-72-56(65)40-23-15-10-16-24-40/h8-32,37,44-54,59-61H,1,33-36H2,2-7H3/t37-,44+,45+,46+,47+,48-,49-,50+,51-,52-,53+,54+,59+,60-,61-/m0/s1. The lowest BCUT2D eigenvalue weighted by atomic mass is 9.95. The van der Waals surface area contributed by atoms with Crippen LogP contribution in [0.15, 0.2) is 158 Å². The van der Waals surface area contributed by atoms with Crippen molar-refractivity contribution in [2.75, 3.05) is 26.9 Å². The molecule has 0 unspecified atom stereocenters. The molecule has 5 aliphatic heterocycles. The maximum absolute atomic E-state index is 14.6. The molecule has 15 atom stereocenters. The van der Waals surface area contributed by atoms with Crippen molar-refractivity contribution in [3.05, 3.63) is 186 Å². The largest absolute Gasteiger partial charge is 0.497 e. The zero-order valence-electron chi connectivity index (χ0n) is 46.8. The summed E-state index contributed by atoms with van der Waals surface area (Å²) >= 11 is 0. The topological polar surface area (TPSA) is 216 Å². The Hall–Kier alpha value is -6.92. The van der Waals surface area contributed by atoms with Crippen LogP contribution in [0.25, 0.3) is 0 Å². The van der Waals surface area contributed by atoms with Gasteiger partial charge in [0.15, 0.2) is 42.7 Å². The van der Waals surface area contributed by atoms with E-state index in [9.17, 15) is 19.2 Å². The minimum absolute atomic E-state index is 0.0319. The number of fused-ring (bicyclic) bond motifs is 2. The minimum Gasteiger partial charge on any atom is -0.497 e. The first kappa shape index (κ1) is 59.2. The first-order valence-corrected chi connectivity index (χ1v) is 27.5. The molecular weight excluding hydrogens is 1080 g/mol. The highest BCUT2D eigenvalue weighted by atomic mass is 16.8. The third-order valence-corrected chi connectivity index (χ3v) is 14.4. The summed E-state index contributed by atoms with van der Waals surface area (Å²) in [5.41, 5.74) is 1.62. The molecule has 10 rings (SSSR count). The third-order valence-electron chi connectivity index (χ3n) is 14.4. The lowest BCUT2D eigenvalue weighted by Crippen LogP contribution is -2.67. The number of esters is 4. The SMILES string of the molecule is C=CCO[C@@H]1O[C@H](COC(=O)c2ccccc2)[C@@H](O[C@@H]2O[C@H](COC(=O)c3ccccc3)[C@@H]3OC(C)(C)O[C@@H]3[C@H]2OC(=O)c2ccccc2)[C@H](O[C@@H]2O[C@@H](C)[C@H]3OC(C)(C)O[C@H]3[C@@H]2OCc2ccc(OC)cc2)[C@H]1OC(=O)c1ccccc1. The second kappa shape index (κ2) is 26.3. The number of carbonyl (C=O) groups excluding carboxylic acids is 4. The van der Waals surface area contributed by atoms with Crippen LogP contribution in [-0.4, -0.2) is 154 Å². The summed E-state index contributed by atoms with van der Waals surface area (Å²) in [6, 6.07) is 40.5. The molecule has 5 aromatic carbocycles. The summed E-state index contributed by atoms with van der Waals surface area (Å²) in [5.74, 6) is -4.72. The van der Waals surface area contributed by atoms with E-state index in [-0.39, 0.29) is 35.5 Å². The highest BCUT2D eigenvalue weighted by molar-refractivity contribution is 5.91. The summed E-state index contributed by atoms with van der Waals surface area (Å²) < 4.78 is 104. The molecule has 5 aliphatic rings. The Balaban J connectivity index is 1.09. The van der Waals surface area contributed by atoms with Gasteiger partial charge in [0.2, 0.25) is 0 Å².